The molecule has 0 aliphatic heterocycles. The van der Waals surface area contributed by atoms with Crippen molar-refractivity contribution in [2.24, 2.45) is 11.5 Å². The summed E-state index contributed by atoms with van der Waals surface area (Å²) in [6, 6.07) is 0. The first kappa shape index (κ1) is 20.0. The minimum Gasteiger partial charge on any atom is -0.377 e. The van der Waals surface area contributed by atoms with Crippen LogP contribution in [-0.2, 0) is 24.2 Å². The first-order valence-corrected chi connectivity index (χ1v) is 8.69. The van der Waals surface area contributed by atoms with E-state index in [1.54, 1.807) is 0 Å². The number of Topliss-reactive ketones (excluding diaryl/α,β-unsaturated/α-hetero) is 1. The Morgan fingerprint density at radius 2 is 1.67 bits per heavy atom. The van der Waals surface area contributed by atoms with E-state index in [0.717, 1.165) is 0 Å². The largest absolute Gasteiger partial charge is 0.377 e. The number of carbonyl (C=O) groups excluding carboxylic acids is 2. The summed E-state index contributed by atoms with van der Waals surface area (Å²) in [7, 11) is -2.46. The molecule has 0 aliphatic rings. The molecule has 0 aromatic carbocycles. The number of primary amides is 1. The zero-order valence-electron chi connectivity index (χ0n) is 12.9. The zero-order valence-corrected chi connectivity index (χ0v) is 13.7. The van der Waals surface area contributed by atoms with E-state index in [1.165, 1.54) is 7.11 Å². The van der Waals surface area contributed by atoms with Crippen LogP contribution in [0, 0.1) is 0 Å². The highest BCUT2D eigenvalue weighted by molar-refractivity contribution is 7.92. The molecule has 0 saturated heterocycles. The summed E-state index contributed by atoms with van der Waals surface area (Å²) in [6.45, 7) is 3.29. The van der Waals surface area contributed by atoms with E-state index < -0.39 is 44.7 Å². The molecule has 4 N–H and O–H groups in total. The SMILES string of the molecule is CCCC(CCC)S(=O)(=O)C[C@@](N)(C(N)=O)C(=O)COC. The quantitative estimate of drug-likeness (QED) is 0.505. The number of hydrogen-bond donors (Lipinski definition) is 2. The Morgan fingerprint density at radius 1 is 1.19 bits per heavy atom. The van der Waals surface area contributed by atoms with E-state index in [-0.39, 0.29) is 0 Å². The molecule has 0 spiro atoms. The monoisotopic (exact) mass is 322 g/mol. The molecule has 124 valence electrons. The molecule has 0 aromatic heterocycles. The van der Waals surface area contributed by atoms with Crippen LogP contribution in [0.25, 0.3) is 0 Å². The number of sulfone groups is 1. The lowest BCUT2D eigenvalue weighted by atomic mass is 9.97. The molecule has 0 aromatic rings. The Balaban J connectivity index is 5.40. The molecule has 7 nitrogen and oxygen atoms in total. The minimum absolute atomic E-state index is 0.457. The Bertz CT molecular complexity index is 457. The van der Waals surface area contributed by atoms with E-state index in [0.29, 0.717) is 25.7 Å². The molecule has 0 heterocycles. The summed E-state index contributed by atoms with van der Waals surface area (Å²) in [5, 5.41) is -0.620. The van der Waals surface area contributed by atoms with E-state index in [2.05, 4.69) is 4.74 Å². The predicted octanol–water partition coefficient (Wildman–Crippen LogP) is -0.232. The number of nitrogens with two attached hydrogens (primary N) is 2. The number of ketones is 1. The lowest BCUT2D eigenvalue weighted by Gasteiger charge is -2.26. The summed E-state index contributed by atoms with van der Waals surface area (Å²) in [4.78, 5) is 23.4. The Kier molecular flexibility index (Phi) is 8.05. The minimum atomic E-state index is -3.71. The highest BCUT2D eigenvalue weighted by atomic mass is 32.2. The summed E-state index contributed by atoms with van der Waals surface area (Å²) in [5.41, 5.74) is 8.61. The fourth-order valence-corrected chi connectivity index (χ4v) is 4.49. The van der Waals surface area contributed by atoms with Gasteiger partial charge in [-0.05, 0) is 12.8 Å². The van der Waals surface area contributed by atoms with Crippen molar-refractivity contribution >= 4 is 21.5 Å². The lowest BCUT2D eigenvalue weighted by Crippen LogP contribution is -2.64. The van der Waals surface area contributed by atoms with Crippen molar-refractivity contribution in [3.8, 4) is 0 Å². The van der Waals surface area contributed by atoms with Crippen molar-refractivity contribution in [2.45, 2.75) is 50.3 Å². The third-order valence-corrected chi connectivity index (χ3v) is 5.72. The van der Waals surface area contributed by atoms with Gasteiger partial charge in [0.25, 0.3) is 0 Å². The Hall–Kier alpha value is -0.990. The molecule has 0 radical (unpaired) electrons. The number of hydrogen-bond acceptors (Lipinski definition) is 6. The molecule has 1 atom stereocenters. The second-order valence-corrected chi connectivity index (χ2v) is 7.48. The van der Waals surface area contributed by atoms with E-state index >= 15 is 0 Å². The molecule has 0 aliphatic carbocycles. The highest BCUT2D eigenvalue weighted by Crippen LogP contribution is 2.19. The maximum Gasteiger partial charge on any atom is 0.246 e. The van der Waals surface area contributed by atoms with Crippen molar-refractivity contribution in [3.05, 3.63) is 0 Å². The van der Waals surface area contributed by atoms with Gasteiger partial charge in [-0.3, -0.25) is 9.59 Å². The van der Waals surface area contributed by atoms with Crippen LogP contribution in [0.2, 0.25) is 0 Å². The molecule has 0 saturated carbocycles. The van der Waals surface area contributed by atoms with Gasteiger partial charge in [-0.25, -0.2) is 8.42 Å². The van der Waals surface area contributed by atoms with Gasteiger partial charge in [0, 0.05) is 7.11 Å². The normalized spacial score (nSPS) is 14.9. The number of ether oxygens (including phenoxy) is 1. The van der Waals surface area contributed by atoms with Crippen LogP contribution in [0.15, 0.2) is 0 Å². The van der Waals surface area contributed by atoms with E-state index in [1.807, 2.05) is 13.8 Å². The molecular weight excluding hydrogens is 296 g/mol. The Labute approximate surface area is 126 Å². The predicted molar refractivity (Wildman–Crippen MR) is 80.4 cm³/mol. The van der Waals surface area contributed by atoms with Crippen molar-refractivity contribution < 1.29 is 22.7 Å². The Morgan fingerprint density at radius 3 is 2.00 bits per heavy atom. The standard InChI is InChI=1S/C13H26N2O5S/c1-4-6-10(7-5-2)21(18,19)9-13(15,12(14)17)11(16)8-20-3/h10H,4-9,15H2,1-3H3,(H2,14,17)/t13-/m0/s1. The number of carbonyl (C=O) groups is 2. The topological polar surface area (TPSA) is 130 Å². The van der Waals surface area contributed by atoms with Gasteiger partial charge in [-0.15, -0.1) is 0 Å². The van der Waals surface area contributed by atoms with Crippen LogP contribution in [0.4, 0.5) is 0 Å². The number of amides is 1. The smallest absolute Gasteiger partial charge is 0.246 e. The average molecular weight is 322 g/mol. The number of rotatable bonds is 11. The average Bonchev–Trinajstić information content (AvgIpc) is 2.37. The van der Waals surface area contributed by atoms with Crippen molar-refractivity contribution in [3.63, 3.8) is 0 Å². The zero-order chi connectivity index (χ0) is 16.7. The first-order valence-electron chi connectivity index (χ1n) is 6.98. The van der Waals surface area contributed by atoms with Crippen molar-refractivity contribution in [2.75, 3.05) is 19.5 Å². The molecular formula is C13H26N2O5S. The van der Waals surface area contributed by atoms with Crippen LogP contribution in [0.3, 0.4) is 0 Å². The summed E-state index contributed by atoms with van der Waals surface area (Å²) >= 11 is 0. The van der Waals surface area contributed by atoms with Gasteiger partial charge in [0.05, 0.1) is 11.0 Å². The third kappa shape index (κ3) is 5.37. The molecule has 0 unspecified atom stereocenters. The fourth-order valence-electron chi connectivity index (χ4n) is 2.13. The van der Waals surface area contributed by atoms with Crippen molar-refractivity contribution in [1.82, 2.24) is 0 Å². The van der Waals surface area contributed by atoms with Crippen LogP contribution < -0.4 is 11.5 Å². The first-order chi connectivity index (χ1) is 9.65. The number of methoxy groups -OCH3 is 1. The van der Waals surface area contributed by atoms with E-state index in [9.17, 15) is 18.0 Å². The van der Waals surface area contributed by atoms with Gasteiger partial charge in [0.15, 0.2) is 21.2 Å². The van der Waals surface area contributed by atoms with Gasteiger partial charge in [-0.2, -0.15) is 0 Å². The van der Waals surface area contributed by atoms with Gasteiger partial charge >= 0.3 is 0 Å². The fraction of sp³-hybridized carbons (Fsp3) is 0.846. The van der Waals surface area contributed by atoms with Gasteiger partial charge < -0.3 is 16.2 Å². The molecule has 8 heteroatoms. The molecule has 1 amide bonds. The summed E-state index contributed by atoms with van der Waals surface area (Å²) in [6.07, 6.45) is 2.29. The summed E-state index contributed by atoms with van der Waals surface area (Å²) < 4.78 is 29.6. The van der Waals surface area contributed by atoms with E-state index in [4.69, 9.17) is 11.5 Å². The van der Waals surface area contributed by atoms with Gasteiger partial charge in [0.2, 0.25) is 5.91 Å². The third-order valence-electron chi connectivity index (χ3n) is 3.37. The van der Waals surface area contributed by atoms with Crippen LogP contribution in [0.1, 0.15) is 39.5 Å². The van der Waals surface area contributed by atoms with Crippen molar-refractivity contribution in [1.29, 1.82) is 0 Å². The van der Waals surface area contributed by atoms with Crippen LogP contribution in [-0.4, -0.2) is 50.4 Å². The second kappa shape index (κ2) is 8.45. The molecule has 0 bridgehead atoms. The van der Waals surface area contributed by atoms with Gasteiger partial charge in [-0.1, -0.05) is 26.7 Å². The molecule has 21 heavy (non-hydrogen) atoms. The van der Waals surface area contributed by atoms with Crippen LogP contribution in [0.5, 0.6) is 0 Å². The second-order valence-electron chi connectivity index (χ2n) is 5.20. The lowest BCUT2D eigenvalue weighted by molar-refractivity contribution is -0.135. The molecule has 0 rings (SSSR count). The highest BCUT2D eigenvalue weighted by Gasteiger charge is 2.45. The van der Waals surface area contributed by atoms with Crippen LogP contribution >= 0.6 is 0 Å². The van der Waals surface area contributed by atoms with Gasteiger partial charge in [0.1, 0.15) is 6.61 Å². The maximum atomic E-state index is 12.5. The maximum absolute atomic E-state index is 12.5. The summed E-state index contributed by atoms with van der Waals surface area (Å²) in [5.74, 6) is -2.75. The molecule has 0 fully saturated rings.